The van der Waals surface area contributed by atoms with Gasteiger partial charge in [0, 0.05) is 7.11 Å². The van der Waals surface area contributed by atoms with Crippen molar-refractivity contribution in [3.05, 3.63) is 12.2 Å². The van der Waals surface area contributed by atoms with Crippen LogP contribution in [0.1, 0.15) is 40.0 Å². The van der Waals surface area contributed by atoms with E-state index in [0.29, 0.717) is 5.41 Å². The molecule has 3 saturated carbocycles. The predicted octanol–water partition coefficient (Wildman–Crippen LogP) is 3.62. The van der Waals surface area contributed by atoms with Gasteiger partial charge in [0.05, 0.1) is 5.60 Å². The number of rotatable bonds is 3. The van der Waals surface area contributed by atoms with E-state index in [2.05, 4.69) is 26.0 Å². The Balaban J connectivity index is 1.65. The summed E-state index contributed by atoms with van der Waals surface area (Å²) in [5, 5.41) is 0. The van der Waals surface area contributed by atoms with Gasteiger partial charge in [-0.3, -0.25) is 0 Å². The summed E-state index contributed by atoms with van der Waals surface area (Å²) in [6.45, 7) is 6.93. The van der Waals surface area contributed by atoms with Crippen LogP contribution in [0, 0.1) is 35.0 Å². The number of ether oxygens (including phenoxy) is 2. The summed E-state index contributed by atoms with van der Waals surface area (Å²) < 4.78 is 11.6. The van der Waals surface area contributed by atoms with Gasteiger partial charge in [-0.1, -0.05) is 19.1 Å². The summed E-state index contributed by atoms with van der Waals surface area (Å²) in [7, 11) is 1.74. The van der Waals surface area contributed by atoms with Gasteiger partial charge in [0.25, 0.3) is 0 Å². The third kappa shape index (κ3) is 1.35. The zero-order valence-corrected chi connectivity index (χ0v) is 12.6. The molecular formula is C17H26O2. The first-order valence-electron chi connectivity index (χ1n) is 7.88. The van der Waals surface area contributed by atoms with Crippen LogP contribution in [0.3, 0.4) is 0 Å². The second-order valence-corrected chi connectivity index (χ2v) is 7.76. The normalized spacial score (nSPS) is 58.8. The Labute approximate surface area is 116 Å². The Kier molecular flexibility index (Phi) is 2.38. The van der Waals surface area contributed by atoms with Gasteiger partial charge in [0.1, 0.15) is 0 Å². The standard InChI is InChI=1S/C17H26O2/c1-10(18-4)19-16(2)9-13-8-14(16)15-11-5-6-12(7-11)17(13,15)3/h5-6,10-15H,7-9H2,1-4H3. The lowest BCUT2D eigenvalue weighted by molar-refractivity contribution is -0.216. The van der Waals surface area contributed by atoms with E-state index in [1.165, 1.54) is 19.3 Å². The number of hydrogen-bond donors (Lipinski definition) is 0. The van der Waals surface area contributed by atoms with Gasteiger partial charge in [-0.25, -0.2) is 0 Å². The van der Waals surface area contributed by atoms with Crippen LogP contribution in [0.4, 0.5) is 0 Å². The molecule has 0 aromatic rings. The average molecular weight is 262 g/mol. The molecule has 4 aliphatic carbocycles. The van der Waals surface area contributed by atoms with Crippen molar-refractivity contribution in [3.8, 4) is 0 Å². The van der Waals surface area contributed by atoms with E-state index >= 15 is 0 Å². The molecule has 19 heavy (non-hydrogen) atoms. The number of fused-ring (bicyclic) bond motifs is 9. The molecule has 3 fully saturated rings. The van der Waals surface area contributed by atoms with E-state index in [1.54, 1.807) is 7.11 Å². The largest absolute Gasteiger partial charge is 0.356 e. The average Bonchev–Trinajstić information content (AvgIpc) is 3.05. The molecular weight excluding hydrogens is 236 g/mol. The number of hydrogen-bond acceptors (Lipinski definition) is 2. The van der Waals surface area contributed by atoms with Crippen molar-refractivity contribution < 1.29 is 9.47 Å². The molecule has 8 unspecified atom stereocenters. The maximum absolute atomic E-state index is 6.30. The molecule has 0 radical (unpaired) electrons. The first-order valence-corrected chi connectivity index (χ1v) is 7.88. The van der Waals surface area contributed by atoms with Crippen LogP contribution >= 0.6 is 0 Å². The first kappa shape index (κ1) is 12.4. The lowest BCUT2D eigenvalue weighted by Crippen LogP contribution is -2.49. The van der Waals surface area contributed by atoms with E-state index < -0.39 is 0 Å². The number of allylic oxidation sites excluding steroid dienone is 2. The Bertz CT molecular complexity index is 431. The van der Waals surface area contributed by atoms with Crippen LogP contribution in [0.25, 0.3) is 0 Å². The molecule has 2 nitrogen and oxygen atoms in total. The first-order chi connectivity index (χ1) is 8.99. The summed E-state index contributed by atoms with van der Waals surface area (Å²) in [5.74, 6) is 4.12. The maximum atomic E-state index is 6.30. The van der Waals surface area contributed by atoms with Crippen molar-refractivity contribution in [2.75, 3.05) is 7.11 Å². The third-order valence-corrected chi connectivity index (χ3v) is 7.15. The summed E-state index contributed by atoms with van der Waals surface area (Å²) in [6, 6.07) is 0. The third-order valence-electron chi connectivity index (χ3n) is 7.15. The van der Waals surface area contributed by atoms with Gasteiger partial charge in [-0.05, 0) is 68.1 Å². The molecule has 0 N–H and O–H groups in total. The lowest BCUT2D eigenvalue weighted by atomic mass is 9.59. The van der Waals surface area contributed by atoms with E-state index in [0.717, 1.165) is 29.6 Å². The number of methoxy groups -OCH3 is 1. The summed E-state index contributed by atoms with van der Waals surface area (Å²) in [4.78, 5) is 0. The lowest BCUT2D eigenvalue weighted by Gasteiger charge is -2.49. The molecule has 4 aliphatic rings. The zero-order chi connectivity index (χ0) is 13.4. The minimum atomic E-state index is -0.0789. The minimum Gasteiger partial charge on any atom is -0.356 e. The Morgan fingerprint density at radius 2 is 2.00 bits per heavy atom. The smallest absolute Gasteiger partial charge is 0.155 e. The van der Waals surface area contributed by atoms with Gasteiger partial charge < -0.3 is 9.47 Å². The van der Waals surface area contributed by atoms with Crippen LogP contribution in [0.5, 0.6) is 0 Å². The van der Waals surface area contributed by atoms with Crippen molar-refractivity contribution >= 4 is 0 Å². The quantitative estimate of drug-likeness (QED) is 0.439. The molecule has 0 spiro atoms. The maximum Gasteiger partial charge on any atom is 0.155 e. The fraction of sp³-hybridized carbons (Fsp3) is 0.882. The van der Waals surface area contributed by atoms with Gasteiger partial charge in [0.15, 0.2) is 6.29 Å². The Morgan fingerprint density at radius 3 is 2.74 bits per heavy atom. The minimum absolute atomic E-state index is 0.0442. The highest BCUT2D eigenvalue weighted by molar-refractivity contribution is 5.27. The van der Waals surface area contributed by atoms with Crippen molar-refractivity contribution in [1.82, 2.24) is 0 Å². The van der Waals surface area contributed by atoms with Crippen molar-refractivity contribution in [2.45, 2.75) is 51.9 Å². The van der Waals surface area contributed by atoms with Gasteiger partial charge in [-0.2, -0.15) is 0 Å². The molecule has 0 heterocycles. The molecule has 0 saturated heterocycles. The molecule has 2 heteroatoms. The van der Waals surface area contributed by atoms with Gasteiger partial charge in [0.2, 0.25) is 0 Å². The van der Waals surface area contributed by atoms with E-state index in [9.17, 15) is 0 Å². The fourth-order valence-electron chi connectivity index (χ4n) is 6.31. The van der Waals surface area contributed by atoms with Gasteiger partial charge >= 0.3 is 0 Å². The zero-order valence-electron chi connectivity index (χ0n) is 12.6. The van der Waals surface area contributed by atoms with Crippen LogP contribution in [-0.2, 0) is 9.47 Å². The highest BCUT2D eigenvalue weighted by Gasteiger charge is 2.70. The predicted molar refractivity (Wildman–Crippen MR) is 74.5 cm³/mol. The highest BCUT2D eigenvalue weighted by atomic mass is 16.7. The van der Waals surface area contributed by atoms with Crippen molar-refractivity contribution in [2.24, 2.45) is 35.0 Å². The molecule has 4 rings (SSSR count). The van der Waals surface area contributed by atoms with E-state index in [4.69, 9.17) is 9.47 Å². The van der Waals surface area contributed by atoms with Crippen LogP contribution in [0.2, 0.25) is 0 Å². The SMILES string of the molecule is COC(C)OC1(C)CC2CC1C1C3C=CC(C3)C21C. The summed E-state index contributed by atoms with van der Waals surface area (Å²) in [5.41, 5.74) is 0.617. The van der Waals surface area contributed by atoms with Crippen molar-refractivity contribution in [1.29, 1.82) is 0 Å². The highest BCUT2D eigenvalue weighted by Crippen LogP contribution is 2.74. The molecule has 0 aromatic carbocycles. The van der Waals surface area contributed by atoms with Crippen molar-refractivity contribution in [3.63, 3.8) is 0 Å². The molecule has 106 valence electrons. The summed E-state index contributed by atoms with van der Waals surface area (Å²) in [6.07, 6.45) is 8.95. The Hall–Kier alpha value is -0.340. The fourth-order valence-corrected chi connectivity index (χ4v) is 6.31. The monoisotopic (exact) mass is 262 g/mol. The van der Waals surface area contributed by atoms with Crippen LogP contribution < -0.4 is 0 Å². The van der Waals surface area contributed by atoms with E-state index in [-0.39, 0.29) is 11.9 Å². The Morgan fingerprint density at radius 1 is 1.21 bits per heavy atom. The van der Waals surface area contributed by atoms with Crippen LogP contribution in [0.15, 0.2) is 12.2 Å². The molecule has 0 aliphatic heterocycles. The van der Waals surface area contributed by atoms with E-state index in [1.807, 2.05) is 6.92 Å². The topological polar surface area (TPSA) is 18.5 Å². The summed E-state index contributed by atoms with van der Waals surface area (Å²) >= 11 is 0. The van der Waals surface area contributed by atoms with Crippen LogP contribution in [-0.4, -0.2) is 19.0 Å². The second kappa shape index (κ2) is 3.65. The molecule has 0 aromatic heterocycles. The molecule has 8 atom stereocenters. The molecule has 4 bridgehead atoms. The second-order valence-electron chi connectivity index (χ2n) is 7.76. The van der Waals surface area contributed by atoms with Gasteiger partial charge in [-0.15, -0.1) is 0 Å². The molecule has 0 amide bonds.